The van der Waals surface area contributed by atoms with Gasteiger partial charge < -0.3 is 14.8 Å². The highest BCUT2D eigenvalue weighted by Gasteiger charge is 2.23. The number of rotatable bonds is 11. The van der Waals surface area contributed by atoms with Crippen LogP contribution in [0.15, 0.2) is 51.5 Å². The molecule has 0 aromatic carbocycles. The predicted octanol–water partition coefficient (Wildman–Crippen LogP) is 4.59. The van der Waals surface area contributed by atoms with Crippen molar-refractivity contribution in [1.82, 2.24) is 14.7 Å². The van der Waals surface area contributed by atoms with Gasteiger partial charge in [0.2, 0.25) is 0 Å². The van der Waals surface area contributed by atoms with Crippen LogP contribution in [0, 0.1) is 0 Å². The smallest absolute Gasteiger partial charge is 0.357 e. The average Bonchev–Trinajstić information content (AvgIpc) is 3.22. The molecule has 1 aliphatic heterocycles. The van der Waals surface area contributed by atoms with Crippen LogP contribution in [-0.4, -0.2) is 41.7 Å². The Balaban J connectivity index is 1.94. The Labute approximate surface area is 190 Å². The quantitative estimate of drug-likeness (QED) is 0.173. The van der Waals surface area contributed by atoms with Gasteiger partial charge in [-0.05, 0) is 52.8 Å². The molecule has 3 rings (SSSR count). The number of pyridine rings is 1. The number of ether oxygens (including phenoxy) is 2. The summed E-state index contributed by atoms with van der Waals surface area (Å²) in [5, 5.41) is 10.2. The summed E-state index contributed by atoms with van der Waals surface area (Å²) in [5.74, 6) is -0.175. The van der Waals surface area contributed by atoms with E-state index >= 15 is 0 Å². The molecule has 1 N–H and O–H groups in total. The second kappa shape index (κ2) is 11.5. The summed E-state index contributed by atoms with van der Waals surface area (Å²) >= 11 is 0. The molecule has 0 unspecified atom stereocenters. The van der Waals surface area contributed by atoms with Crippen molar-refractivity contribution in [2.45, 2.75) is 33.2 Å². The first kappa shape index (κ1) is 23.5. The fraction of sp³-hybridized carbons (Fsp3) is 0.429. The third-order valence-corrected chi connectivity index (χ3v) is 5.24. The van der Waals surface area contributed by atoms with E-state index in [2.05, 4.69) is 44.2 Å². The zero-order valence-electron chi connectivity index (χ0n) is 18.6. The fourth-order valence-electron chi connectivity index (χ4n) is 3.64. The highest BCUT2D eigenvalue weighted by atomic mass is 16.5. The first-order valence-corrected chi connectivity index (χ1v) is 10.6. The maximum atomic E-state index is 12.7. The molecule has 0 atom stereocenters. The number of nitrogens with zero attached hydrogens (tertiary/aromatic N) is 8. The van der Waals surface area contributed by atoms with Crippen LogP contribution in [0.3, 0.4) is 0 Å². The van der Waals surface area contributed by atoms with Gasteiger partial charge in [0.25, 0.3) is 0 Å². The summed E-state index contributed by atoms with van der Waals surface area (Å²) in [6.45, 7) is 5.18. The SMILES string of the molecule is CCC1=CNCC(CC)=C1COc1cccn2c(C(=O)OCCN=[N+]=[N-])c(CN=[N+]=[N-])nc12. The third kappa shape index (κ3) is 5.38. The van der Waals surface area contributed by atoms with Gasteiger partial charge >= 0.3 is 5.97 Å². The summed E-state index contributed by atoms with van der Waals surface area (Å²) in [7, 11) is 0. The van der Waals surface area contributed by atoms with Crippen LogP contribution in [0.1, 0.15) is 42.9 Å². The Morgan fingerprint density at radius 2 is 2.09 bits per heavy atom. The molecule has 0 amide bonds. The van der Waals surface area contributed by atoms with Crippen molar-refractivity contribution in [3.63, 3.8) is 0 Å². The van der Waals surface area contributed by atoms with Crippen LogP contribution >= 0.6 is 0 Å². The van der Waals surface area contributed by atoms with Gasteiger partial charge in [-0.15, -0.1) is 0 Å². The van der Waals surface area contributed by atoms with Gasteiger partial charge in [0.05, 0.1) is 25.4 Å². The Hall–Kier alpha value is -4.14. The molecule has 33 heavy (non-hydrogen) atoms. The van der Waals surface area contributed by atoms with Crippen LogP contribution in [0.5, 0.6) is 5.75 Å². The van der Waals surface area contributed by atoms with Crippen LogP contribution in [0.25, 0.3) is 26.5 Å². The number of hydrogen-bond acceptors (Lipinski definition) is 7. The van der Waals surface area contributed by atoms with Gasteiger partial charge in [-0.2, -0.15) is 0 Å². The predicted molar refractivity (Wildman–Crippen MR) is 122 cm³/mol. The van der Waals surface area contributed by atoms with E-state index < -0.39 is 5.97 Å². The molecule has 0 saturated heterocycles. The lowest BCUT2D eigenvalue weighted by Crippen LogP contribution is -2.21. The molecule has 0 fully saturated rings. The van der Waals surface area contributed by atoms with Crippen molar-refractivity contribution in [2.75, 3.05) is 26.3 Å². The largest absolute Gasteiger partial charge is 0.485 e. The number of nitrogens with one attached hydrogen (secondary N) is 1. The Kier molecular flexibility index (Phi) is 8.18. The highest BCUT2D eigenvalue weighted by Crippen LogP contribution is 2.27. The summed E-state index contributed by atoms with van der Waals surface area (Å²) in [5.41, 5.74) is 21.6. The molecule has 3 heterocycles. The topological polar surface area (TPSA) is 162 Å². The van der Waals surface area contributed by atoms with E-state index in [9.17, 15) is 4.79 Å². The Morgan fingerprint density at radius 1 is 1.27 bits per heavy atom. The second-order valence-electron chi connectivity index (χ2n) is 7.08. The Morgan fingerprint density at radius 3 is 2.82 bits per heavy atom. The molecule has 1 aliphatic rings. The van der Waals surface area contributed by atoms with Gasteiger partial charge in [-0.25, -0.2) is 9.78 Å². The summed E-state index contributed by atoms with van der Waals surface area (Å²) < 4.78 is 12.9. The average molecular weight is 451 g/mol. The molecule has 2 aromatic heterocycles. The molecular formula is C21H25N9O3. The van der Waals surface area contributed by atoms with Crippen LogP contribution in [-0.2, 0) is 11.3 Å². The minimum atomic E-state index is -0.665. The molecule has 172 valence electrons. The molecular weight excluding hydrogens is 426 g/mol. The van der Waals surface area contributed by atoms with Crippen LogP contribution in [0.2, 0.25) is 0 Å². The highest BCUT2D eigenvalue weighted by molar-refractivity contribution is 5.90. The number of fused-ring (bicyclic) bond motifs is 1. The molecule has 12 nitrogen and oxygen atoms in total. The van der Waals surface area contributed by atoms with E-state index in [-0.39, 0.29) is 31.1 Å². The van der Waals surface area contributed by atoms with E-state index in [0.29, 0.717) is 18.0 Å². The van der Waals surface area contributed by atoms with Gasteiger partial charge in [0.15, 0.2) is 17.1 Å². The van der Waals surface area contributed by atoms with Crippen molar-refractivity contribution >= 4 is 11.6 Å². The Bertz CT molecular complexity index is 1190. The number of imidazole rings is 1. The zero-order chi connectivity index (χ0) is 23.6. The number of carbonyl (C=O) groups excluding carboxylic acids is 1. The van der Waals surface area contributed by atoms with E-state index in [1.165, 1.54) is 16.7 Å². The van der Waals surface area contributed by atoms with Crippen molar-refractivity contribution in [2.24, 2.45) is 10.2 Å². The molecule has 12 heteroatoms. The monoisotopic (exact) mass is 451 g/mol. The number of azide groups is 2. The molecule has 0 bridgehead atoms. The van der Waals surface area contributed by atoms with Crippen LogP contribution < -0.4 is 10.1 Å². The summed E-state index contributed by atoms with van der Waals surface area (Å²) in [6.07, 6.45) is 5.48. The lowest BCUT2D eigenvalue weighted by molar-refractivity contribution is 0.0507. The van der Waals surface area contributed by atoms with Crippen molar-refractivity contribution in [3.05, 3.63) is 73.5 Å². The maximum absolute atomic E-state index is 12.7. The minimum absolute atomic E-state index is 0.00995. The van der Waals surface area contributed by atoms with Crippen molar-refractivity contribution in [1.29, 1.82) is 0 Å². The van der Waals surface area contributed by atoms with Crippen molar-refractivity contribution < 1.29 is 14.3 Å². The van der Waals surface area contributed by atoms with Gasteiger partial charge in [0, 0.05) is 28.8 Å². The lowest BCUT2D eigenvalue weighted by atomic mass is 9.95. The third-order valence-electron chi connectivity index (χ3n) is 5.24. The summed E-state index contributed by atoms with van der Waals surface area (Å²) in [4.78, 5) is 22.6. The van der Waals surface area contributed by atoms with Crippen LogP contribution in [0.4, 0.5) is 0 Å². The van der Waals surface area contributed by atoms with Gasteiger partial charge in [-0.1, -0.05) is 24.1 Å². The van der Waals surface area contributed by atoms with Gasteiger partial charge in [-0.3, -0.25) is 4.40 Å². The number of dihydropyridines is 1. The molecule has 0 radical (unpaired) electrons. The van der Waals surface area contributed by atoms with E-state index in [1.54, 1.807) is 22.7 Å². The molecule has 0 spiro atoms. The van der Waals surface area contributed by atoms with Crippen molar-refractivity contribution in [3.8, 4) is 5.75 Å². The summed E-state index contributed by atoms with van der Waals surface area (Å²) in [6, 6.07) is 3.52. The first-order chi connectivity index (χ1) is 16.1. The first-order valence-electron chi connectivity index (χ1n) is 10.6. The molecule has 2 aromatic rings. The minimum Gasteiger partial charge on any atom is -0.485 e. The number of hydrogen-bond donors (Lipinski definition) is 1. The van der Waals surface area contributed by atoms with E-state index in [4.69, 9.17) is 20.5 Å². The standard InChI is InChI=1S/C21H25N9O3/c1-3-14-10-24-11-15(4-2)16(14)13-33-18-6-5-8-30-19(21(31)32-9-7-25-28-22)17(12-26-29-23)27-20(18)30/h5-6,8,10,24H,3-4,7,9,11-13H2,1-2H3. The zero-order valence-corrected chi connectivity index (χ0v) is 18.6. The fourth-order valence-corrected chi connectivity index (χ4v) is 3.64. The maximum Gasteiger partial charge on any atom is 0.357 e. The molecule has 0 saturated carbocycles. The van der Waals surface area contributed by atoms with E-state index in [1.807, 2.05) is 6.20 Å². The second-order valence-corrected chi connectivity index (χ2v) is 7.08. The lowest BCUT2D eigenvalue weighted by Gasteiger charge is -2.22. The number of esters is 1. The number of aromatic nitrogens is 2. The van der Waals surface area contributed by atoms with E-state index in [0.717, 1.165) is 19.4 Å². The normalized spacial score (nSPS) is 13.0. The molecule has 0 aliphatic carbocycles. The van der Waals surface area contributed by atoms with Gasteiger partial charge in [0.1, 0.15) is 6.61 Å². The number of carbonyl (C=O) groups is 1.